The van der Waals surface area contributed by atoms with E-state index >= 15 is 0 Å². The molecule has 0 saturated carbocycles. The molecular weight excluding hydrogens is 126 g/mol. The van der Waals surface area contributed by atoms with Gasteiger partial charge in [0.05, 0.1) is 5.69 Å². The van der Waals surface area contributed by atoms with E-state index in [4.69, 9.17) is 15.3 Å². The summed E-state index contributed by atoms with van der Waals surface area (Å²) in [5, 5.41) is 6.77. The van der Waals surface area contributed by atoms with Crippen molar-refractivity contribution in [3.8, 4) is 0 Å². The van der Waals surface area contributed by atoms with Gasteiger partial charge in [0.25, 0.3) is 0 Å². The monoisotopic (exact) mass is 144 g/mol. The Morgan fingerprint density at radius 1 is 1.70 bits per heavy atom. The smallest absolute Gasteiger partial charge is 0.146 e. The number of rotatable bonds is 2. The van der Waals surface area contributed by atoms with Crippen molar-refractivity contribution in [2.75, 3.05) is 5.73 Å². The first-order valence-corrected chi connectivity index (χ1v) is 2.60. The summed E-state index contributed by atoms with van der Waals surface area (Å²) in [5.74, 6) is 0.0407. The van der Waals surface area contributed by atoms with Crippen LogP contribution in [-0.4, -0.2) is 10.2 Å². The van der Waals surface area contributed by atoms with Gasteiger partial charge in [-0.1, -0.05) is 13.2 Å². The lowest BCUT2D eigenvalue weighted by Gasteiger charge is -1.94. The molecule has 3 heteroatoms. The lowest BCUT2D eigenvalue weighted by atomic mass is 10.2. The summed E-state index contributed by atoms with van der Waals surface area (Å²) in [6.45, 7) is -3.11. The van der Waals surface area contributed by atoms with Crippen LogP contribution in [0.4, 0.5) is 5.82 Å². The third-order valence-corrected chi connectivity index (χ3v) is 0.876. The van der Waals surface area contributed by atoms with Crippen molar-refractivity contribution in [1.29, 1.82) is 0 Å². The van der Waals surface area contributed by atoms with Crippen molar-refractivity contribution in [2.24, 2.45) is 0 Å². The van der Waals surface area contributed by atoms with E-state index in [1.54, 1.807) is 0 Å². The van der Waals surface area contributed by atoms with Gasteiger partial charge in [0.2, 0.25) is 0 Å². The third-order valence-electron chi connectivity index (χ3n) is 0.876. The summed E-state index contributed by atoms with van der Waals surface area (Å²) in [6.07, 6.45) is -5.87. The van der Waals surface area contributed by atoms with E-state index < -0.39 is 25.3 Å². The molecule has 10 heavy (non-hydrogen) atoms. The van der Waals surface area contributed by atoms with E-state index in [2.05, 4.69) is 10.2 Å². The highest BCUT2D eigenvalue weighted by Gasteiger charge is 1.91. The summed E-state index contributed by atoms with van der Waals surface area (Å²) in [4.78, 5) is 0. The molecule has 2 N–H and O–H groups in total. The summed E-state index contributed by atoms with van der Waals surface area (Å²) >= 11 is 0. The van der Waals surface area contributed by atoms with Crippen LogP contribution in [0.15, 0.2) is 12.1 Å². The molecule has 3 nitrogen and oxygen atoms in total. The van der Waals surface area contributed by atoms with Crippen molar-refractivity contribution in [1.82, 2.24) is 10.2 Å². The molecule has 0 bridgehead atoms. The second-order valence-corrected chi connectivity index (χ2v) is 1.59. The fourth-order valence-electron chi connectivity index (χ4n) is 0.473. The molecule has 0 aliphatic heterocycles. The minimum absolute atomic E-state index is 0.0407. The first kappa shape index (κ1) is 2.19. The Hall–Kier alpha value is -1.12. The van der Waals surface area contributed by atoms with Gasteiger partial charge in [0, 0.05) is 9.60 Å². The molecule has 0 aliphatic rings. The maximum Gasteiger partial charge on any atom is 0.146 e. The summed E-state index contributed by atoms with van der Waals surface area (Å²) in [7, 11) is 0. The molecule has 0 amide bonds. The number of nitrogens with two attached hydrogens (primary N) is 1. The third kappa shape index (κ3) is 1.69. The molecule has 1 aromatic heterocycles. The predicted molar refractivity (Wildman–Crippen MR) is 40.4 cm³/mol. The van der Waals surface area contributed by atoms with Crippen LogP contribution in [0, 0.1) is 0 Å². The molecule has 1 heterocycles. The zero-order valence-corrected chi connectivity index (χ0v) is 5.13. The minimum Gasteiger partial charge on any atom is -0.382 e. The molecule has 0 atom stereocenters. The van der Waals surface area contributed by atoms with Crippen LogP contribution in [0.1, 0.15) is 28.5 Å². The van der Waals surface area contributed by atoms with Crippen molar-refractivity contribution < 1.29 is 9.60 Å². The molecule has 54 valence electrons. The highest BCUT2D eigenvalue weighted by atomic mass is 15.1. The fourth-order valence-corrected chi connectivity index (χ4v) is 0.473. The van der Waals surface area contributed by atoms with Crippen LogP contribution in [0.3, 0.4) is 0 Å². The summed E-state index contributed by atoms with van der Waals surface area (Å²) in [6, 6.07) is 2.35. The lowest BCUT2D eigenvalue weighted by molar-refractivity contribution is 0.842. The largest absolute Gasteiger partial charge is 0.382 e. The van der Waals surface area contributed by atoms with Crippen LogP contribution in [0.5, 0.6) is 0 Å². The Morgan fingerprint density at radius 2 is 2.60 bits per heavy atom. The van der Waals surface area contributed by atoms with Crippen LogP contribution in [-0.2, 0) is 6.37 Å². The Morgan fingerprint density at radius 3 is 3.20 bits per heavy atom. The SMILES string of the molecule is [2H]C([2H])([2H])C([2H])([2H])C([2H])([2H])c1ccc(N)nn1. The summed E-state index contributed by atoms with van der Waals surface area (Å²) in [5.41, 5.74) is 4.85. The van der Waals surface area contributed by atoms with E-state index in [0.29, 0.717) is 0 Å². The first-order valence-electron chi connectivity index (χ1n) is 6.10. The van der Waals surface area contributed by atoms with E-state index in [1.165, 1.54) is 6.07 Å². The molecule has 1 rings (SSSR count). The Labute approximate surface area is 70.1 Å². The van der Waals surface area contributed by atoms with Crippen LogP contribution < -0.4 is 5.73 Å². The van der Waals surface area contributed by atoms with Crippen LogP contribution in [0.2, 0.25) is 0 Å². The van der Waals surface area contributed by atoms with Gasteiger partial charge in [-0.2, -0.15) is 5.10 Å². The second kappa shape index (κ2) is 3.15. The van der Waals surface area contributed by atoms with Gasteiger partial charge in [0.1, 0.15) is 5.82 Å². The molecule has 0 aromatic carbocycles. The quantitative estimate of drug-likeness (QED) is 0.674. The van der Waals surface area contributed by atoms with E-state index in [1.807, 2.05) is 0 Å². The number of aryl methyl sites for hydroxylation is 1. The molecule has 0 saturated heterocycles. The number of nitrogen functional groups attached to an aromatic ring is 1. The van der Waals surface area contributed by atoms with E-state index in [-0.39, 0.29) is 5.82 Å². The van der Waals surface area contributed by atoms with Gasteiger partial charge in [-0.25, -0.2) is 0 Å². The highest BCUT2D eigenvalue weighted by molar-refractivity contribution is 5.25. The van der Waals surface area contributed by atoms with Gasteiger partial charge < -0.3 is 5.73 Å². The van der Waals surface area contributed by atoms with Crippen molar-refractivity contribution >= 4 is 5.82 Å². The van der Waals surface area contributed by atoms with Gasteiger partial charge >= 0.3 is 0 Å². The maximum atomic E-state index is 7.58. The van der Waals surface area contributed by atoms with Crippen molar-refractivity contribution in [3.63, 3.8) is 0 Å². The Balaban J connectivity index is 3.23. The van der Waals surface area contributed by atoms with Crippen molar-refractivity contribution in [2.45, 2.75) is 19.6 Å². The van der Waals surface area contributed by atoms with E-state index in [9.17, 15) is 0 Å². The minimum atomic E-state index is -3.11. The molecule has 0 unspecified atom stereocenters. The van der Waals surface area contributed by atoms with Gasteiger partial charge in [-0.3, -0.25) is 0 Å². The van der Waals surface area contributed by atoms with Crippen molar-refractivity contribution in [3.05, 3.63) is 17.8 Å². The molecule has 0 fully saturated rings. The zero-order valence-electron chi connectivity index (χ0n) is 12.1. The predicted octanol–water partition coefficient (Wildman–Crippen LogP) is 1.01. The number of hydrogen-bond acceptors (Lipinski definition) is 3. The highest BCUT2D eigenvalue weighted by Crippen LogP contribution is 1.99. The Kier molecular flexibility index (Phi) is 0.689. The molecule has 0 radical (unpaired) electrons. The van der Waals surface area contributed by atoms with Crippen LogP contribution in [0.25, 0.3) is 0 Å². The van der Waals surface area contributed by atoms with Crippen LogP contribution >= 0.6 is 0 Å². The van der Waals surface area contributed by atoms with Gasteiger partial charge in [0.15, 0.2) is 0 Å². The first-order chi connectivity index (χ1) is 7.50. The average molecular weight is 144 g/mol. The number of hydrogen-bond donors (Lipinski definition) is 1. The topological polar surface area (TPSA) is 51.8 Å². The molecule has 0 aliphatic carbocycles. The molecular formula is C7H11N3. The lowest BCUT2D eigenvalue weighted by Crippen LogP contribution is -1.96. The maximum absolute atomic E-state index is 7.58. The average Bonchev–Trinajstić information content (AvgIpc) is 2.16. The number of anilines is 1. The normalized spacial score (nSPS) is 24.2. The molecule has 1 aromatic rings. The summed E-state index contributed by atoms with van der Waals surface area (Å²) < 4.78 is 51.1. The van der Waals surface area contributed by atoms with E-state index in [0.717, 1.165) is 6.07 Å². The number of aromatic nitrogens is 2. The number of nitrogens with zero attached hydrogens (tertiary/aromatic N) is 2. The fraction of sp³-hybridized carbons (Fsp3) is 0.429. The Bertz CT molecular complexity index is 397. The molecule has 0 spiro atoms. The zero-order chi connectivity index (χ0) is 13.5. The standard InChI is InChI=1S/C7H11N3/c1-2-3-6-4-5-7(8)10-9-6/h4-5H,2-3H2,1H3,(H2,8,10)/i1D3,2D2,3D2. The van der Waals surface area contributed by atoms with Gasteiger partial charge in [-0.05, 0) is 18.5 Å². The second-order valence-electron chi connectivity index (χ2n) is 1.59. The van der Waals surface area contributed by atoms with Gasteiger partial charge in [-0.15, -0.1) is 5.10 Å².